The van der Waals surface area contributed by atoms with Crippen molar-refractivity contribution in [1.82, 2.24) is 10.6 Å². The molecule has 8 nitrogen and oxygen atoms in total. The van der Waals surface area contributed by atoms with Crippen LogP contribution in [0.1, 0.15) is 29.9 Å². The van der Waals surface area contributed by atoms with Gasteiger partial charge in [0.2, 0.25) is 5.91 Å². The minimum atomic E-state index is -1.70. The molecule has 0 aliphatic heterocycles. The summed E-state index contributed by atoms with van der Waals surface area (Å²) in [6.45, 7) is -0.291. The highest BCUT2D eigenvalue weighted by molar-refractivity contribution is 5.87. The van der Waals surface area contributed by atoms with E-state index in [1.54, 1.807) is 0 Å². The fourth-order valence-corrected chi connectivity index (χ4v) is 3.99. The van der Waals surface area contributed by atoms with Crippen molar-refractivity contribution in [3.8, 4) is 11.1 Å². The largest absolute Gasteiger partial charge is 0.479 e. The van der Waals surface area contributed by atoms with E-state index in [1.807, 2.05) is 48.5 Å². The summed E-state index contributed by atoms with van der Waals surface area (Å²) < 4.78 is 5.49. The molecule has 0 heterocycles. The van der Waals surface area contributed by atoms with Crippen molar-refractivity contribution in [2.75, 3.05) is 13.2 Å². The van der Waals surface area contributed by atoms with Gasteiger partial charge in [-0.1, -0.05) is 48.5 Å². The number of carbonyl (C=O) groups excluding carboxylic acids is 2. The molecule has 2 unspecified atom stereocenters. The number of carbonyl (C=O) groups is 3. The number of aliphatic carboxylic acids is 1. The molecule has 1 saturated carbocycles. The fourth-order valence-electron chi connectivity index (χ4n) is 3.99. The SMILES string of the molecule is O=C(NC(C(=O)NCC(O)C(=O)O)C1CC1)OCC1c2ccccc2-c2ccccc21. The van der Waals surface area contributed by atoms with E-state index in [4.69, 9.17) is 9.84 Å². The third kappa shape index (κ3) is 4.54. The summed E-state index contributed by atoms with van der Waals surface area (Å²) in [6, 6.07) is 15.2. The number of aliphatic hydroxyl groups is 1. The molecule has 2 aromatic carbocycles. The quantitative estimate of drug-likeness (QED) is 0.513. The lowest BCUT2D eigenvalue weighted by Gasteiger charge is -2.20. The molecule has 2 atom stereocenters. The Morgan fingerprint density at radius 1 is 1.00 bits per heavy atom. The van der Waals surface area contributed by atoms with Crippen LogP contribution in [-0.2, 0) is 14.3 Å². The highest BCUT2D eigenvalue weighted by Crippen LogP contribution is 2.44. The van der Waals surface area contributed by atoms with Crippen molar-refractivity contribution < 1.29 is 29.3 Å². The number of fused-ring (bicyclic) bond motifs is 3. The molecular formula is C23H24N2O6. The number of ether oxygens (including phenoxy) is 1. The second-order valence-corrected chi connectivity index (χ2v) is 7.88. The van der Waals surface area contributed by atoms with Crippen LogP contribution < -0.4 is 10.6 Å². The Bertz CT molecular complexity index is 958. The van der Waals surface area contributed by atoms with Crippen LogP contribution in [-0.4, -0.2) is 53.5 Å². The third-order valence-corrected chi connectivity index (χ3v) is 5.75. The first-order chi connectivity index (χ1) is 15.0. The first-order valence-electron chi connectivity index (χ1n) is 10.3. The molecule has 0 spiro atoms. The number of hydrogen-bond acceptors (Lipinski definition) is 5. The summed E-state index contributed by atoms with van der Waals surface area (Å²) in [6.07, 6.45) is -0.835. The molecule has 4 N–H and O–H groups in total. The number of alkyl carbamates (subject to hydrolysis) is 1. The minimum absolute atomic E-state index is 0.0255. The number of carboxylic acid groups (broad SMARTS) is 1. The Hall–Kier alpha value is -3.39. The molecule has 0 saturated heterocycles. The van der Waals surface area contributed by atoms with E-state index in [0.717, 1.165) is 35.1 Å². The molecule has 8 heteroatoms. The van der Waals surface area contributed by atoms with Gasteiger partial charge in [0.15, 0.2) is 6.10 Å². The summed E-state index contributed by atoms with van der Waals surface area (Å²) in [5, 5.41) is 23.0. The minimum Gasteiger partial charge on any atom is -0.479 e. The Kier molecular flexibility index (Phi) is 5.90. The lowest BCUT2D eigenvalue weighted by Crippen LogP contribution is -2.50. The van der Waals surface area contributed by atoms with Crippen LogP contribution in [0.3, 0.4) is 0 Å². The van der Waals surface area contributed by atoms with E-state index in [9.17, 15) is 19.5 Å². The molecule has 162 valence electrons. The van der Waals surface area contributed by atoms with Gasteiger partial charge in [-0.2, -0.15) is 0 Å². The van der Waals surface area contributed by atoms with Gasteiger partial charge in [0, 0.05) is 5.92 Å². The number of nitrogens with one attached hydrogen (secondary N) is 2. The molecule has 2 aliphatic carbocycles. The Balaban J connectivity index is 1.37. The predicted octanol–water partition coefficient (Wildman–Crippen LogP) is 1.87. The summed E-state index contributed by atoms with van der Waals surface area (Å²) in [4.78, 5) is 35.6. The van der Waals surface area contributed by atoms with Crippen LogP contribution in [0.4, 0.5) is 4.79 Å². The number of carboxylic acids is 1. The number of rotatable bonds is 8. The van der Waals surface area contributed by atoms with Gasteiger partial charge < -0.3 is 25.6 Å². The van der Waals surface area contributed by atoms with Gasteiger partial charge in [0.05, 0.1) is 6.54 Å². The summed E-state index contributed by atoms with van der Waals surface area (Å²) >= 11 is 0. The molecule has 1 fully saturated rings. The Morgan fingerprint density at radius 2 is 1.58 bits per heavy atom. The van der Waals surface area contributed by atoms with E-state index < -0.39 is 36.7 Å². The van der Waals surface area contributed by atoms with Crippen LogP contribution in [0.15, 0.2) is 48.5 Å². The molecule has 0 bridgehead atoms. The normalized spacial score (nSPS) is 16.5. The van der Waals surface area contributed by atoms with Crippen LogP contribution in [0.2, 0.25) is 0 Å². The zero-order valence-corrected chi connectivity index (χ0v) is 16.8. The zero-order chi connectivity index (χ0) is 22.0. The number of amides is 2. The maximum absolute atomic E-state index is 12.5. The molecule has 0 radical (unpaired) electrons. The van der Waals surface area contributed by atoms with Crippen molar-refractivity contribution in [2.45, 2.75) is 30.9 Å². The Labute approximate surface area is 179 Å². The van der Waals surface area contributed by atoms with Gasteiger partial charge in [-0.3, -0.25) is 4.79 Å². The van der Waals surface area contributed by atoms with E-state index >= 15 is 0 Å². The van der Waals surface area contributed by atoms with Gasteiger partial charge in [-0.05, 0) is 41.0 Å². The molecular weight excluding hydrogens is 400 g/mol. The average Bonchev–Trinajstić information content (AvgIpc) is 3.56. The first-order valence-corrected chi connectivity index (χ1v) is 10.3. The van der Waals surface area contributed by atoms with E-state index in [-0.39, 0.29) is 18.4 Å². The average molecular weight is 424 g/mol. The topological polar surface area (TPSA) is 125 Å². The summed E-state index contributed by atoms with van der Waals surface area (Å²) in [7, 11) is 0. The van der Waals surface area contributed by atoms with Crippen molar-refractivity contribution in [3.63, 3.8) is 0 Å². The van der Waals surface area contributed by atoms with Crippen molar-refractivity contribution >= 4 is 18.0 Å². The summed E-state index contributed by atoms with van der Waals surface area (Å²) in [5.74, 6) is -2.07. The zero-order valence-electron chi connectivity index (χ0n) is 16.8. The van der Waals surface area contributed by atoms with Gasteiger partial charge in [0.25, 0.3) is 0 Å². The number of aliphatic hydroxyl groups excluding tert-OH is 1. The van der Waals surface area contributed by atoms with Gasteiger partial charge in [-0.15, -0.1) is 0 Å². The predicted molar refractivity (Wildman–Crippen MR) is 111 cm³/mol. The molecule has 4 rings (SSSR count). The van der Waals surface area contributed by atoms with E-state index in [2.05, 4.69) is 10.6 Å². The van der Waals surface area contributed by atoms with E-state index in [1.165, 1.54) is 0 Å². The van der Waals surface area contributed by atoms with Crippen molar-refractivity contribution in [1.29, 1.82) is 0 Å². The van der Waals surface area contributed by atoms with Crippen LogP contribution >= 0.6 is 0 Å². The Morgan fingerprint density at radius 3 is 2.13 bits per heavy atom. The molecule has 31 heavy (non-hydrogen) atoms. The highest BCUT2D eigenvalue weighted by atomic mass is 16.5. The van der Waals surface area contributed by atoms with Crippen molar-refractivity contribution in [3.05, 3.63) is 59.7 Å². The van der Waals surface area contributed by atoms with Gasteiger partial charge in [0.1, 0.15) is 12.6 Å². The van der Waals surface area contributed by atoms with Crippen molar-refractivity contribution in [2.24, 2.45) is 5.92 Å². The second-order valence-electron chi connectivity index (χ2n) is 7.88. The summed E-state index contributed by atoms with van der Waals surface area (Å²) in [5.41, 5.74) is 4.44. The number of benzene rings is 2. The highest BCUT2D eigenvalue weighted by Gasteiger charge is 2.38. The molecule has 2 aliphatic rings. The van der Waals surface area contributed by atoms with Crippen LogP contribution in [0.5, 0.6) is 0 Å². The van der Waals surface area contributed by atoms with Crippen LogP contribution in [0.25, 0.3) is 11.1 Å². The lowest BCUT2D eigenvalue weighted by molar-refractivity contribution is -0.146. The van der Waals surface area contributed by atoms with Gasteiger partial charge in [-0.25, -0.2) is 9.59 Å². The monoisotopic (exact) mass is 424 g/mol. The second kappa shape index (κ2) is 8.77. The standard InChI is InChI=1S/C23H24N2O6/c26-19(22(28)29)11-24-21(27)20(13-9-10-13)25-23(30)31-12-18-16-7-3-1-5-14(16)15-6-2-4-8-17(15)18/h1-8,13,18-20,26H,9-12H2,(H,24,27)(H,25,30)(H,28,29). The first kappa shape index (κ1) is 20.9. The van der Waals surface area contributed by atoms with E-state index in [0.29, 0.717) is 0 Å². The number of hydrogen-bond donors (Lipinski definition) is 4. The molecule has 2 amide bonds. The smallest absolute Gasteiger partial charge is 0.407 e. The molecule has 2 aromatic rings. The maximum atomic E-state index is 12.5. The van der Waals surface area contributed by atoms with Gasteiger partial charge >= 0.3 is 12.1 Å². The molecule has 0 aromatic heterocycles. The maximum Gasteiger partial charge on any atom is 0.407 e. The van der Waals surface area contributed by atoms with Crippen LogP contribution in [0, 0.1) is 5.92 Å². The third-order valence-electron chi connectivity index (χ3n) is 5.75. The lowest BCUT2D eigenvalue weighted by atomic mass is 9.98. The fraction of sp³-hybridized carbons (Fsp3) is 0.348.